The summed E-state index contributed by atoms with van der Waals surface area (Å²) < 4.78 is 75.6. The molecule has 0 saturated heterocycles. The molecule has 0 aliphatic rings. The van der Waals surface area contributed by atoms with Gasteiger partial charge in [-0.1, -0.05) is 139 Å². The van der Waals surface area contributed by atoms with Crippen LogP contribution in [-0.4, -0.2) is 9.13 Å². The molecule has 0 fully saturated rings. The standard InChI is InChI=1S/C54H34N2O/c1-3-13-35(14-4-1)37-17-11-18-41(31-37)55-48-29-26-38(33-46(48)43-28-25-40(34-51(43)55)36-15-5-2-6-16-36)39-27-30-49-45(32-39)42-19-7-9-21-47(42)56(49)50-22-12-24-53-54(50)44-20-8-10-23-52(44)57-53/h1-34H/i7D,9D,19D,21D,27D,30D,32D. The number of benzene rings is 9. The molecule has 0 aliphatic carbocycles. The Morgan fingerprint density at radius 2 is 1.05 bits per heavy atom. The number of furan rings is 1. The third-order valence-corrected chi connectivity index (χ3v) is 11.2. The maximum atomic E-state index is 9.97. The van der Waals surface area contributed by atoms with Gasteiger partial charge < -0.3 is 13.6 Å². The summed E-state index contributed by atoms with van der Waals surface area (Å²) in [5.74, 6) is 0. The van der Waals surface area contributed by atoms with Crippen LogP contribution in [-0.2, 0) is 0 Å². The molecule has 12 rings (SSSR count). The van der Waals surface area contributed by atoms with Crippen molar-refractivity contribution >= 4 is 65.6 Å². The highest BCUT2D eigenvalue weighted by Crippen LogP contribution is 2.42. The van der Waals surface area contributed by atoms with Crippen LogP contribution in [0.25, 0.3) is 110 Å². The summed E-state index contributed by atoms with van der Waals surface area (Å²) in [6.45, 7) is 0. The van der Waals surface area contributed by atoms with Gasteiger partial charge >= 0.3 is 0 Å². The summed E-state index contributed by atoms with van der Waals surface area (Å²) in [7, 11) is 0. The molecule has 3 aromatic heterocycles. The molecular weight excluding hydrogens is 693 g/mol. The lowest BCUT2D eigenvalue weighted by Crippen LogP contribution is -1.95. The van der Waals surface area contributed by atoms with Crippen molar-refractivity contribution in [3.8, 4) is 44.8 Å². The van der Waals surface area contributed by atoms with E-state index in [1.807, 2.05) is 91.0 Å². The zero-order chi connectivity index (χ0) is 43.5. The van der Waals surface area contributed by atoms with Gasteiger partial charge in [0.2, 0.25) is 0 Å². The summed E-state index contributed by atoms with van der Waals surface area (Å²) in [5, 5.41) is 3.64. The Labute approximate surface area is 338 Å². The first-order valence-corrected chi connectivity index (χ1v) is 18.9. The Morgan fingerprint density at radius 1 is 0.368 bits per heavy atom. The number of fused-ring (bicyclic) bond motifs is 9. The van der Waals surface area contributed by atoms with Gasteiger partial charge in [0.25, 0.3) is 0 Å². The number of hydrogen-bond acceptors (Lipinski definition) is 1. The minimum atomic E-state index is -0.439. The van der Waals surface area contributed by atoms with Crippen molar-refractivity contribution in [2.45, 2.75) is 0 Å². The van der Waals surface area contributed by atoms with Crippen LogP contribution >= 0.6 is 0 Å². The van der Waals surface area contributed by atoms with Crippen molar-refractivity contribution < 1.29 is 14.0 Å². The number of rotatable bonds is 5. The van der Waals surface area contributed by atoms with Gasteiger partial charge in [0.05, 0.1) is 42.7 Å². The molecule has 0 radical (unpaired) electrons. The van der Waals surface area contributed by atoms with Gasteiger partial charge in [-0.25, -0.2) is 0 Å². The molecule has 0 unspecified atom stereocenters. The van der Waals surface area contributed by atoms with E-state index in [1.165, 1.54) is 0 Å². The predicted octanol–water partition coefficient (Wildman–Crippen LogP) is 14.8. The van der Waals surface area contributed by atoms with E-state index in [0.29, 0.717) is 27.8 Å². The van der Waals surface area contributed by atoms with Crippen LogP contribution in [0, 0.1) is 0 Å². The molecule has 0 saturated carbocycles. The molecule has 9 aromatic carbocycles. The summed E-state index contributed by atoms with van der Waals surface area (Å²) in [5.41, 5.74) is 9.95. The SMILES string of the molecule is [2H]c1c([2H])c([2H])c2c(c1[2H])c1c([2H])c(-c3ccc4c(c3)c3ccc(-c5ccccc5)cc3n4-c3cccc(-c4ccccc4)c3)c([2H])c([2H])c1n2-c1cccc2oc3ccccc3c12. The third kappa shape index (κ3) is 4.92. The highest BCUT2D eigenvalue weighted by Gasteiger charge is 2.19. The summed E-state index contributed by atoms with van der Waals surface area (Å²) in [4.78, 5) is 0. The maximum absolute atomic E-state index is 9.97. The highest BCUT2D eigenvalue weighted by atomic mass is 16.3. The molecule has 3 nitrogen and oxygen atoms in total. The second-order valence-corrected chi connectivity index (χ2v) is 14.4. The van der Waals surface area contributed by atoms with Crippen LogP contribution in [0.2, 0.25) is 0 Å². The zero-order valence-electron chi connectivity index (χ0n) is 37.4. The van der Waals surface area contributed by atoms with Gasteiger partial charge in [0, 0.05) is 32.6 Å². The summed E-state index contributed by atoms with van der Waals surface area (Å²) in [6.07, 6.45) is 0. The lowest BCUT2D eigenvalue weighted by atomic mass is 9.99. The molecule has 3 heterocycles. The Balaban J connectivity index is 1.15. The van der Waals surface area contributed by atoms with E-state index < -0.39 is 12.1 Å². The molecule has 0 atom stereocenters. The van der Waals surface area contributed by atoms with Crippen LogP contribution < -0.4 is 0 Å². The Kier molecular flexibility index (Phi) is 5.56. The first-order valence-electron chi connectivity index (χ1n) is 22.4. The molecule has 0 N–H and O–H groups in total. The minimum absolute atomic E-state index is 0.0981. The molecule has 3 heteroatoms. The van der Waals surface area contributed by atoms with Crippen molar-refractivity contribution in [1.29, 1.82) is 0 Å². The number of nitrogens with zero attached hydrogens (tertiary/aromatic N) is 2. The van der Waals surface area contributed by atoms with E-state index in [1.54, 1.807) is 10.6 Å². The van der Waals surface area contributed by atoms with Gasteiger partial charge in [-0.05, 0) is 100 Å². The number of hydrogen-bond donors (Lipinski definition) is 0. The first-order chi connectivity index (χ1) is 31.2. The van der Waals surface area contributed by atoms with Crippen LogP contribution in [0.4, 0.5) is 0 Å². The van der Waals surface area contributed by atoms with Crippen molar-refractivity contribution in [1.82, 2.24) is 9.13 Å². The van der Waals surface area contributed by atoms with Crippen LogP contribution in [0.1, 0.15) is 9.60 Å². The second kappa shape index (κ2) is 12.5. The predicted molar refractivity (Wildman–Crippen MR) is 239 cm³/mol. The molecule has 57 heavy (non-hydrogen) atoms. The number of aromatic nitrogens is 2. The molecular formula is C54H34N2O. The smallest absolute Gasteiger partial charge is 0.137 e. The molecule has 0 aliphatic heterocycles. The monoisotopic (exact) mass is 733 g/mol. The summed E-state index contributed by atoms with van der Waals surface area (Å²) in [6, 6.07) is 52.4. The van der Waals surface area contributed by atoms with Crippen molar-refractivity contribution in [3.05, 3.63) is 206 Å². The molecule has 0 spiro atoms. The van der Waals surface area contributed by atoms with Crippen LogP contribution in [0.5, 0.6) is 0 Å². The van der Waals surface area contributed by atoms with Crippen molar-refractivity contribution in [3.63, 3.8) is 0 Å². The largest absolute Gasteiger partial charge is 0.456 e. The Morgan fingerprint density at radius 3 is 1.91 bits per heavy atom. The van der Waals surface area contributed by atoms with E-state index in [2.05, 4.69) is 71.3 Å². The fourth-order valence-corrected chi connectivity index (χ4v) is 8.56. The average Bonchev–Trinajstić information content (AvgIpc) is 4.01. The number of para-hydroxylation sites is 2. The van der Waals surface area contributed by atoms with E-state index in [4.69, 9.17) is 7.16 Å². The van der Waals surface area contributed by atoms with Gasteiger partial charge in [-0.3, -0.25) is 0 Å². The maximum Gasteiger partial charge on any atom is 0.137 e. The lowest BCUT2D eigenvalue weighted by molar-refractivity contribution is 0.669. The third-order valence-electron chi connectivity index (χ3n) is 11.2. The molecule has 266 valence electrons. The van der Waals surface area contributed by atoms with E-state index >= 15 is 0 Å². The Bertz CT molecular complexity index is 3930. The van der Waals surface area contributed by atoms with Crippen molar-refractivity contribution in [2.24, 2.45) is 0 Å². The molecule has 0 amide bonds. The fourth-order valence-electron chi connectivity index (χ4n) is 8.56. The second-order valence-electron chi connectivity index (χ2n) is 14.4. The van der Waals surface area contributed by atoms with E-state index in [9.17, 15) is 6.85 Å². The van der Waals surface area contributed by atoms with Gasteiger partial charge in [0.1, 0.15) is 11.2 Å². The highest BCUT2D eigenvalue weighted by molar-refractivity contribution is 6.16. The van der Waals surface area contributed by atoms with Crippen LogP contribution in [0.15, 0.2) is 211 Å². The average molecular weight is 734 g/mol. The van der Waals surface area contributed by atoms with E-state index in [0.717, 1.165) is 55.1 Å². The molecule has 0 bridgehead atoms. The normalized spacial score (nSPS) is 13.6. The van der Waals surface area contributed by atoms with Crippen LogP contribution in [0.3, 0.4) is 0 Å². The first kappa shape index (κ1) is 25.5. The quantitative estimate of drug-likeness (QED) is 0.173. The van der Waals surface area contributed by atoms with Gasteiger partial charge in [-0.15, -0.1) is 0 Å². The molecule has 12 aromatic rings. The Hall–Kier alpha value is -7.62. The fraction of sp³-hybridized carbons (Fsp3) is 0. The lowest BCUT2D eigenvalue weighted by Gasteiger charge is -2.12. The zero-order valence-corrected chi connectivity index (χ0v) is 30.4. The van der Waals surface area contributed by atoms with Gasteiger partial charge in [-0.2, -0.15) is 0 Å². The van der Waals surface area contributed by atoms with Crippen molar-refractivity contribution in [2.75, 3.05) is 0 Å². The summed E-state index contributed by atoms with van der Waals surface area (Å²) >= 11 is 0. The van der Waals surface area contributed by atoms with Gasteiger partial charge in [0.15, 0.2) is 0 Å². The minimum Gasteiger partial charge on any atom is -0.456 e. The van der Waals surface area contributed by atoms with E-state index in [-0.39, 0.29) is 57.6 Å². The topological polar surface area (TPSA) is 23.0 Å².